The number of imide groups is 1. The van der Waals surface area contributed by atoms with Crippen LogP contribution in [0.15, 0.2) is 80.9 Å². The first-order valence-electron chi connectivity index (χ1n) is 8.50. The molecular formula is C21H16N2O3S2. The van der Waals surface area contributed by atoms with Crippen LogP contribution in [0.3, 0.4) is 0 Å². The molecular weight excluding hydrogens is 392 g/mol. The van der Waals surface area contributed by atoms with Crippen molar-refractivity contribution in [3.8, 4) is 11.3 Å². The molecule has 1 fully saturated rings. The first-order chi connectivity index (χ1) is 13.6. The van der Waals surface area contributed by atoms with Crippen LogP contribution in [0.2, 0.25) is 0 Å². The number of furan rings is 1. The van der Waals surface area contributed by atoms with E-state index in [1.54, 1.807) is 12.1 Å². The minimum Gasteiger partial charge on any atom is -0.457 e. The third-order valence-electron chi connectivity index (χ3n) is 4.23. The second-order valence-corrected chi connectivity index (χ2v) is 7.80. The van der Waals surface area contributed by atoms with Gasteiger partial charge in [0.1, 0.15) is 11.5 Å². The monoisotopic (exact) mass is 408 g/mol. The Bertz CT molecular complexity index is 1040. The van der Waals surface area contributed by atoms with Crippen molar-refractivity contribution in [2.24, 2.45) is 5.14 Å². The molecule has 28 heavy (non-hydrogen) atoms. The highest BCUT2D eigenvalue weighted by Gasteiger charge is 2.35. The van der Waals surface area contributed by atoms with E-state index in [1.165, 1.54) is 16.8 Å². The Balaban J connectivity index is 1.52. The van der Waals surface area contributed by atoms with Crippen LogP contribution in [0.1, 0.15) is 11.3 Å². The Hall–Kier alpha value is -2.74. The lowest BCUT2D eigenvalue weighted by molar-refractivity contribution is -0.123. The van der Waals surface area contributed by atoms with Crippen LogP contribution in [0.4, 0.5) is 4.79 Å². The number of nitrogens with zero attached hydrogens (tertiary/aromatic N) is 1. The Morgan fingerprint density at radius 3 is 2.46 bits per heavy atom. The van der Waals surface area contributed by atoms with Crippen molar-refractivity contribution >= 4 is 40.9 Å². The first-order valence-corrected chi connectivity index (χ1v) is 10.2. The number of carbonyl (C=O) groups is 2. The van der Waals surface area contributed by atoms with Crippen LogP contribution in [-0.2, 0) is 11.3 Å². The molecule has 2 N–H and O–H groups in total. The predicted octanol–water partition coefficient (Wildman–Crippen LogP) is 5.15. The fourth-order valence-electron chi connectivity index (χ4n) is 2.81. The minimum absolute atomic E-state index is 0.262. The van der Waals surface area contributed by atoms with Crippen molar-refractivity contribution in [2.75, 3.05) is 0 Å². The van der Waals surface area contributed by atoms with Gasteiger partial charge in [-0.2, -0.15) is 0 Å². The van der Waals surface area contributed by atoms with Crippen LogP contribution in [-0.4, -0.2) is 16.0 Å². The lowest BCUT2D eigenvalue weighted by atomic mass is 10.2. The molecule has 0 aliphatic carbocycles. The summed E-state index contributed by atoms with van der Waals surface area (Å²) in [5.74, 6) is 0.905. The number of rotatable bonds is 5. The number of amides is 2. The van der Waals surface area contributed by atoms with Crippen LogP contribution in [0, 0.1) is 0 Å². The number of benzene rings is 2. The number of nitrogens with two attached hydrogens (primary N) is 1. The number of hydrogen-bond acceptors (Lipinski definition) is 6. The summed E-state index contributed by atoms with van der Waals surface area (Å²) in [5, 5.41) is 5.26. The molecule has 3 aromatic rings. The van der Waals surface area contributed by atoms with Gasteiger partial charge in [0.25, 0.3) is 11.1 Å². The van der Waals surface area contributed by atoms with Gasteiger partial charge in [-0.1, -0.05) is 42.5 Å². The molecule has 0 atom stereocenters. The van der Waals surface area contributed by atoms with Crippen molar-refractivity contribution in [1.82, 2.24) is 4.90 Å². The number of carbonyl (C=O) groups excluding carboxylic acids is 2. The molecule has 7 heteroatoms. The summed E-state index contributed by atoms with van der Waals surface area (Å²) < 4.78 is 5.83. The van der Waals surface area contributed by atoms with E-state index in [9.17, 15) is 9.59 Å². The predicted molar refractivity (Wildman–Crippen MR) is 112 cm³/mol. The first kappa shape index (κ1) is 18.6. The Morgan fingerprint density at radius 1 is 1.00 bits per heavy atom. The molecule has 4 rings (SSSR count). The van der Waals surface area contributed by atoms with Crippen molar-refractivity contribution < 1.29 is 14.0 Å². The van der Waals surface area contributed by atoms with Crippen LogP contribution >= 0.6 is 23.7 Å². The largest absolute Gasteiger partial charge is 0.457 e. The van der Waals surface area contributed by atoms with Gasteiger partial charge < -0.3 is 4.42 Å². The van der Waals surface area contributed by atoms with Crippen molar-refractivity contribution in [1.29, 1.82) is 0 Å². The van der Waals surface area contributed by atoms with Crippen molar-refractivity contribution in [3.63, 3.8) is 0 Å². The van der Waals surface area contributed by atoms with Crippen LogP contribution < -0.4 is 5.14 Å². The van der Waals surface area contributed by atoms with Gasteiger partial charge in [-0.25, -0.2) is 0 Å². The third-order valence-corrected chi connectivity index (χ3v) is 5.68. The SMILES string of the molecule is NSc1ccc(-c2ccc(/C=C3\SC(=O)N(Cc4ccccc4)C3=O)o2)cc1. The fraction of sp³-hybridized carbons (Fsp3) is 0.0476. The quantitative estimate of drug-likeness (QED) is 0.465. The molecule has 2 heterocycles. The van der Waals surface area contributed by atoms with E-state index in [0.717, 1.165) is 27.8 Å². The topological polar surface area (TPSA) is 76.5 Å². The van der Waals surface area contributed by atoms with Gasteiger partial charge in [0.15, 0.2) is 0 Å². The zero-order valence-electron chi connectivity index (χ0n) is 14.7. The maximum absolute atomic E-state index is 12.6. The molecule has 0 bridgehead atoms. The molecule has 1 aromatic heterocycles. The molecule has 2 amide bonds. The van der Waals surface area contributed by atoms with E-state index in [1.807, 2.05) is 60.7 Å². The van der Waals surface area contributed by atoms with Gasteiger partial charge >= 0.3 is 0 Å². The summed E-state index contributed by atoms with van der Waals surface area (Å²) in [6.07, 6.45) is 1.61. The van der Waals surface area contributed by atoms with Crippen molar-refractivity contribution in [3.05, 3.63) is 83.0 Å². The standard InChI is InChI=1S/C21H16N2O3S2/c22-28-17-9-6-15(7-10-17)18-11-8-16(26-18)12-19-20(24)23(21(25)27-19)13-14-4-2-1-3-5-14/h1-12H,13,22H2/b19-12-. The summed E-state index contributed by atoms with van der Waals surface area (Å²) in [6.45, 7) is 0.262. The smallest absolute Gasteiger partial charge is 0.293 e. The Labute approximate surface area is 170 Å². The summed E-state index contributed by atoms with van der Waals surface area (Å²) >= 11 is 2.11. The van der Waals surface area contributed by atoms with Crippen LogP contribution in [0.25, 0.3) is 17.4 Å². The third kappa shape index (κ3) is 3.91. The summed E-state index contributed by atoms with van der Waals surface area (Å²) in [7, 11) is 0. The highest BCUT2D eigenvalue weighted by atomic mass is 32.2. The zero-order valence-corrected chi connectivity index (χ0v) is 16.3. The van der Waals surface area contributed by atoms with E-state index < -0.39 is 0 Å². The van der Waals surface area contributed by atoms with E-state index in [-0.39, 0.29) is 17.7 Å². The van der Waals surface area contributed by atoms with Gasteiger partial charge in [0.2, 0.25) is 0 Å². The van der Waals surface area contributed by atoms with Gasteiger partial charge in [0.05, 0.1) is 11.4 Å². The van der Waals surface area contributed by atoms with E-state index in [0.29, 0.717) is 16.4 Å². The molecule has 1 aliphatic heterocycles. The molecule has 0 saturated carbocycles. The van der Waals surface area contributed by atoms with Crippen molar-refractivity contribution in [2.45, 2.75) is 11.4 Å². The maximum atomic E-state index is 12.6. The van der Waals surface area contributed by atoms with E-state index in [2.05, 4.69) is 0 Å². The summed E-state index contributed by atoms with van der Waals surface area (Å²) in [5.41, 5.74) is 1.82. The highest BCUT2D eigenvalue weighted by Crippen LogP contribution is 2.34. The summed E-state index contributed by atoms with van der Waals surface area (Å²) in [6, 6.07) is 20.7. The maximum Gasteiger partial charge on any atom is 0.293 e. The van der Waals surface area contributed by atoms with Gasteiger partial charge in [-0.05, 0) is 53.5 Å². The molecule has 5 nitrogen and oxygen atoms in total. The second-order valence-electron chi connectivity index (χ2n) is 6.10. The number of hydrogen-bond donors (Lipinski definition) is 1. The minimum atomic E-state index is -0.305. The number of thioether (sulfide) groups is 1. The van der Waals surface area contributed by atoms with Gasteiger partial charge in [-0.3, -0.25) is 19.6 Å². The molecule has 140 valence electrons. The molecule has 1 aliphatic rings. The Kier molecular flexibility index (Phi) is 5.38. The lowest BCUT2D eigenvalue weighted by Gasteiger charge is -2.11. The second kappa shape index (κ2) is 8.10. The van der Waals surface area contributed by atoms with Gasteiger partial charge in [-0.15, -0.1) is 0 Å². The van der Waals surface area contributed by atoms with E-state index >= 15 is 0 Å². The normalized spacial score (nSPS) is 15.6. The lowest BCUT2D eigenvalue weighted by Crippen LogP contribution is -2.27. The molecule has 1 saturated heterocycles. The molecule has 0 spiro atoms. The highest BCUT2D eigenvalue weighted by molar-refractivity contribution is 8.18. The Morgan fingerprint density at radius 2 is 1.75 bits per heavy atom. The van der Waals surface area contributed by atoms with Gasteiger partial charge in [0, 0.05) is 16.5 Å². The zero-order chi connectivity index (χ0) is 19.5. The average molecular weight is 409 g/mol. The summed E-state index contributed by atoms with van der Waals surface area (Å²) in [4.78, 5) is 27.5. The molecule has 0 unspecified atom stereocenters. The van der Waals surface area contributed by atoms with E-state index in [4.69, 9.17) is 9.56 Å². The average Bonchev–Trinajstić information content (AvgIpc) is 3.29. The van der Waals surface area contributed by atoms with Crippen LogP contribution in [0.5, 0.6) is 0 Å². The molecule has 0 radical (unpaired) electrons. The fourth-order valence-corrected chi connectivity index (χ4v) is 3.93. The molecule has 2 aromatic carbocycles.